The standard InChI is InChI=1S/C20H22N2O6/c1-2-26-17-8-4-3-7-16(17)21-18(23)13-28-20(25)14-10-19(24)22(11-14)12-15-6-5-9-27-15/h3-9,14H,2,10-13H2,1H3,(H,21,23)/t14-/m0/s1. The summed E-state index contributed by atoms with van der Waals surface area (Å²) in [5.41, 5.74) is 0.506. The molecule has 148 valence electrons. The molecule has 1 saturated heterocycles. The number of hydrogen-bond acceptors (Lipinski definition) is 6. The van der Waals surface area contributed by atoms with Gasteiger partial charge in [-0.15, -0.1) is 0 Å². The zero-order valence-corrected chi connectivity index (χ0v) is 15.6. The smallest absolute Gasteiger partial charge is 0.311 e. The van der Waals surface area contributed by atoms with Gasteiger partial charge in [0.05, 0.1) is 31.0 Å². The van der Waals surface area contributed by atoms with E-state index in [1.807, 2.05) is 6.92 Å². The van der Waals surface area contributed by atoms with E-state index in [9.17, 15) is 14.4 Å². The number of furan rings is 1. The van der Waals surface area contributed by atoms with Crippen molar-refractivity contribution in [3.63, 3.8) is 0 Å². The summed E-state index contributed by atoms with van der Waals surface area (Å²) < 4.78 is 15.8. The van der Waals surface area contributed by atoms with Crippen LogP contribution >= 0.6 is 0 Å². The molecule has 0 radical (unpaired) electrons. The van der Waals surface area contributed by atoms with Gasteiger partial charge in [-0.05, 0) is 31.2 Å². The van der Waals surface area contributed by atoms with Crippen LogP contribution in [0.1, 0.15) is 19.1 Å². The number of hydrogen-bond donors (Lipinski definition) is 1. The topological polar surface area (TPSA) is 98.1 Å². The Hall–Kier alpha value is -3.29. The number of benzene rings is 1. The van der Waals surface area contributed by atoms with Crippen molar-refractivity contribution in [2.75, 3.05) is 25.1 Å². The first-order chi connectivity index (χ1) is 13.6. The largest absolute Gasteiger partial charge is 0.492 e. The van der Waals surface area contributed by atoms with Crippen molar-refractivity contribution < 1.29 is 28.3 Å². The van der Waals surface area contributed by atoms with Crippen molar-refractivity contribution in [2.45, 2.75) is 19.9 Å². The lowest BCUT2D eigenvalue weighted by molar-refractivity contribution is -0.151. The molecule has 2 aromatic rings. The maximum Gasteiger partial charge on any atom is 0.311 e. The van der Waals surface area contributed by atoms with Crippen LogP contribution < -0.4 is 10.1 Å². The molecule has 8 heteroatoms. The third kappa shape index (κ3) is 4.91. The first-order valence-corrected chi connectivity index (χ1v) is 9.05. The number of carbonyl (C=O) groups is 3. The van der Waals surface area contributed by atoms with Crippen molar-refractivity contribution >= 4 is 23.5 Å². The number of nitrogens with zero attached hydrogens (tertiary/aromatic N) is 1. The Kier molecular flexibility index (Phi) is 6.31. The summed E-state index contributed by atoms with van der Waals surface area (Å²) in [4.78, 5) is 38.0. The summed E-state index contributed by atoms with van der Waals surface area (Å²) in [5.74, 6) is -0.588. The molecule has 0 bridgehead atoms. The lowest BCUT2D eigenvalue weighted by Gasteiger charge is -2.15. The van der Waals surface area contributed by atoms with Crippen molar-refractivity contribution in [1.29, 1.82) is 0 Å². The van der Waals surface area contributed by atoms with Gasteiger partial charge in [-0.1, -0.05) is 12.1 Å². The Labute approximate surface area is 162 Å². The number of rotatable bonds is 8. The molecule has 8 nitrogen and oxygen atoms in total. The molecular weight excluding hydrogens is 364 g/mol. The fourth-order valence-electron chi connectivity index (χ4n) is 2.97. The van der Waals surface area contributed by atoms with Crippen LogP contribution in [0, 0.1) is 5.92 Å². The van der Waals surface area contributed by atoms with E-state index in [1.165, 1.54) is 6.26 Å². The van der Waals surface area contributed by atoms with Gasteiger partial charge in [-0.25, -0.2) is 0 Å². The molecule has 1 atom stereocenters. The minimum atomic E-state index is -0.592. The SMILES string of the molecule is CCOc1ccccc1NC(=O)COC(=O)[C@H]1CC(=O)N(Cc2ccco2)C1. The minimum absolute atomic E-state index is 0.0638. The molecule has 0 saturated carbocycles. The van der Waals surface area contributed by atoms with Gasteiger partial charge in [0.15, 0.2) is 6.61 Å². The molecule has 2 amide bonds. The summed E-state index contributed by atoms with van der Waals surface area (Å²) in [6.45, 7) is 2.43. The number of esters is 1. The highest BCUT2D eigenvalue weighted by Gasteiger charge is 2.35. The van der Waals surface area contributed by atoms with Crippen LogP contribution in [0.5, 0.6) is 5.75 Å². The van der Waals surface area contributed by atoms with Gasteiger partial charge >= 0.3 is 5.97 Å². The summed E-state index contributed by atoms with van der Waals surface area (Å²) in [7, 11) is 0. The van der Waals surface area contributed by atoms with Gasteiger partial charge < -0.3 is 24.1 Å². The Morgan fingerprint density at radius 2 is 2.07 bits per heavy atom. The Bertz CT molecular complexity index is 833. The predicted molar refractivity (Wildman–Crippen MR) is 99.4 cm³/mol. The maximum atomic E-state index is 12.2. The lowest BCUT2D eigenvalue weighted by atomic mass is 10.1. The van der Waals surface area contributed by atoms with Crippen molar-refractivity contribution in [1.82, 2.24) is 4.90 Å². The van der Waals surface area contributed by atoms with Crippen LogP contribution in [0.15, 0.2) is 47.1 Å². The monoisotopic (exact) mass is 386 g/mol. The number of para-hydroxylation sites is 2. The Balaban J connectivity index is 1.47. The van der Waals surface area contributed by atoms with E-state index in [1.54, 1.807) is 41.3 Å². The molecule has 1 aromatic carbocycles. The number of anilines is 1. The highest BCUT2D eigenvalue weighted by atomic mass is 16.5. The number of ether oxygens (including phenoxy) is 2. The molecule has 0 aliphatic carbocycles. The van der Waals surface area contributed by atoms with Crippen molar-refractivity contribution in [3.05, 3.63) is 48.4 Å². The van der Waals surface area contributed by atoms with E-state index in [4.69, 9.17) is 13.9 Å². The van der Waals surface area contributed by atoms with Crippen molar-refractivity contribution in [3.8, 4) is 5.75 Å². The van der Waals surface area contributed by atoms with Crippen LogP contribution in [0.2, 0.25) is 0 Å². The number of likely N-dealkylation sites (tertiary alicyclic amines) is 1. The highest BCUT2D eigenvalue weighted by Crippen LogP contribution is 2.24. The zero-order valence-electron chi connectivity index (χ0n) is 15.6. The summed E-state index contributed by atoms with van der Waals surface area (Å²) in [5, 5.41) is 2.66. The lowest BCUT2D eigenvalue weighted by Crippen LogP contribution is -2.28. The summed E-state index contributed by atoms with van der Waals surface area (Å²) >= 11 is 0. The molecule has 1 aromatic heterocycles. The van der Waals surface area contributed by atoms with Crippen LogP contribution in [-0.2, 0) is 25.7 Å². The molecule has 1 aliphatic rings. The predicted octanol–water partition coefficient (Wildman–Crippen LogP) is 2.21. The molecule has 1 N–H and O–H groups in total. The third-order valence-electron chi connectivity index (χ3n) is 4.28. The van der Waals surface area contributed by atoms with E-state index >= 15 is 0 Å². The van der Waals surface area contributed by atoms with E-state index in [2.05, 4.69) is 5.32 Å². The molecule has 3 rings (SSSR count). The average Bonchev–Trinajstić information content (AvgIpc) is 3.32. The van der Waals surface area contributed by atoms with Gasteiger partial charge in [0, 0.05) is 13.0 Å². The van der Waals surface area contributed by atoms with Crippen LogP contribution in [0.25, 0.3) is 0 Å². The molecule has 0 unspecified atom stereocenters. The van der Waals surface area contributed by atoms with Gasteiger partial charge in [-0.3, -0.25) is 14.4 Å². The number of nitrogens with one attached hydrogen (secondary N) is 1. The molecule has 28 heavy (non-hydrogen) atoms. The minimum Gasteiger partial charge on any atom is -0.492 e. The fourth-order valence-corrected chi connectivity index (χ4v) is 2.97. The van der Waals surface area contributed by atoms with Gasteiger partial charge in [-0.2, -0.15) is 0 Å². The van der Waals surface area contributed by atoms with Gasteiger partial charge in [0.1, 0.15) is 11.5 Å². The Morgan fingerprint density at radius 1 is 1.25 bits per heavy atom. The van der Waals surface area contributed by atoms with Crippen LogP contribution in [-0.4, -0.2) is 42.4 Å². The first kappa shape index (κ1) is 19.5. The second kappa shape index (κ2) is 9.07. The normalized spacial score (nSPS) is 16.1. The van der Waals surface area contributed by atoms with Crippen LogP contribution in [0.3, 0.4) is 0 Å². The molecule has 1 fully saturated rings. The molecule has 2 heterocycles. The molecular formula is C20H22N2O6. The molecule has 1 aliphatic heterocycles. The van der Waals surface area contributed by atoms with Gasteiger partial charge in [0.2, 0.25) is 5.91 Å². The second-order valence-corrected chi connectivity index (χ2v) is 6.34. The zero-order chi connectivity index (χ0) is 19.9. The Morgan fingerprint density at radius 3 is 2.82 bits per heavy atom. The number of amides is 2. The van der Waals surface area contributed by atoms with E-state index in [-0.39, 0.29) is 18.9 Å². The quantitative estimate of drug-likeness (QED) is 0.699. The second-order valence-electron chi connectivity index (χ2n) is 6.34. The van der Waals surface area contributed by atoms with Crippen molar-refractivity contribution in [2.24, 2.45) is 5.92 Å². The first-order valence-electron chi connectivity index (χ1n) is 9.05. The average molecular weight is 386 g/mol. The third-order valence-corrected chi connectivity index (χ3v) is 4.28. The number of carbonyl (C=O) groups excluding carboxylic acids is 3. The van der Waals surface area contributed by atoms with Gasteiger partial charge in [0.25, 0.3) is 5.91 Å². The summed E-state index contributed by atoms with van der Waals surface area (Å²) in [6.07, 6.45) is 1.60. The summed E-state index contributed by atoms with van der Waals surface area (Å²) in [6, 6.07) is 10.5. The van der Waals surface area contributed by atoms with E-state index in [0.717, 1.165) is 0 Å². The highest BCUT2D eigenvalue weighted by molar-refractivity contribution is 5.94. The fraction of sp³-hybridized carbons (Fsp3) is 0.350. The van der Waals surface area contributed by atoms with E-state index < -0.39 is 24.4 Å². The van der Waals surface area contributed by atoms with Crippen LogP contribution in [0.4, 0.5) is 5.69 Å². The molecule has 0 spiro atoms. The van der Waals surface area contributed by atoms with E-state index in [0.29, 0.717) is 30.3 Å². The maximum absolute atomic E-state index is 12.2.